The third-order valence-electron chi connectivity index (χ3n) is 5.12. The first-order valence-electron chi connectivity index (χ1n) is 9.42. The normalized spacial score (nSPS) is 17.5. The highest BCUT2D eigenvalue weighted by Crippen LogP contribution is 2.26. The van der Waals surface area contributed by atoms with Crippen molar-refractivity contribution >= 4 is 23.0 Å². The van der Waals surface area contributed by atoms with Crippen molar-refractivity contribution in [1.82, 2.24) is 19.9 Å². The van der Waals surface area contributed by atoms with Crippen LogP contribution in [0.2, 0.25) is 0 Å². The number of carbonyl (C=O) groups is 1. The van der Waals surface area contributed by atoms with Crippen LogP contribution in [0.15, 0.2) is 41.3 Å². The second-order valence-corrected chi connectivity index (χ2v) is 7.07. The van der Waals surface area contributed by atoms with E-state index in [0.29, 0.717) is 23.7 Å². The number of aromatic nitrogens is 3. The summed E-state index contributed by atoms with van der Waals surface area (Å²) >= 11 is 0. The number of hydrogen-bond acceptors (Lipinski definition) is 6. The Bertz CT molecular complexity index is 962. The van der Waals surface area contributed by atoms with Gasteiger partial charge in [-0.3, -0.25) is 4.79 Å². The van der Waals surface area contributed by atoms with E-state index in [1.54, 1.807) is 25.4 Å². The summed E-state index contributed by atoms with van der Waals surface area (Å²) in [5, 5.41) is 0. The number of carbonyl (C=O) groups excluding carboxylic acids is 1. The molecule has 0 N–H and O–H groups in total. The number of halogens is 1. The van der Waals surface area contributed by atoms with Crippen LogP contribution in [0.1, 0.15) is 31.7 Å². The van der Waals surface area contributed by atoms with E-state index in [2.05, 4.69) is 19.9 Å². The fraction of sp³-hybridized carbons (Fsp3) is 0.400. The second-order valence-electron chi connectivity index (χ2n) is 7.07. The number of anilines is 1. The SMILES string of the molecule is CC(=O)N(Cc1cncnc1)[C@@H]1CCCN(c2nc3cc(F)ccc3o2)CC1. The Labute approximate surface area is 162 Å². The molecule has 1 saturated heterocycles. The summed E-state index contributed by atoms with van der Waals surface area (Å²) in [6.45, 7) is 3.60. The zero-order valence-corrected chi connectivity index (χ0v) is 15.7. The predicted molar refractivity (Wildman–Crippen MR) is 102 cm³/mol. The van der Waals surface area contributed by atoms with E-state index in [1.807, 2.05) is 4.90 Å². The smallest absolute Gasteiger partial charge is 0.298 e. The van der Waals surface area contributed by atoms with E-state index < -0.39 is 0 Å². The lowest BCUT2D eigenvalue weighted by Gasteiger charge is -2.30. The number of amides is 1. The maximum atomic E-state index is 13.4. The van der Waals surface area contributed by atoms with E-state index >= 15 is 0 Å². The Morgan fingerprint density at radius 1 is 1.29 bits per heavy atom. The molecule has 0 bridgehead atoms. The molecule has 146 valence electrons. The van der Waals surface area contributed by atoms with Gasteiger partial charge in [-0.25, -0.2) is 14.4 Å². The maximum Gasteiger partial charge on any atom is 0.298 e. The highest BCUT2D eigenvalue weighted by atomic mass is 19.1. The quantitative estimate of drug-likeness (QED) is 0.689. The summed E-state index contributed by atoms with van der Waals surface area (Å²) in [4.78, 5) is 28.7. The van der Waals surface area contributed by atoms with Crippen molar-refractivity contribution in [3.63, 3.8) is 0 Å². The molecule has 0 unspecified atom stereocenters. The van der Waals surface area contributed by atoms with Gasteiger partial charge in [0.05, 0.1) is 0 Å². The molecule has 0 saturated carbocycles. The fourth-order valence-corrected chi connectivity index (χ4v) is 3.71. The number of rotatable bonds is 4. The fourth-order valence-electron chi connectivity index (χ4n) is 3.71. The van der Waals surface area contributed by atoms with E-state index in [-0.39, 0.29) is 17.8 Å². The molecule has 8 heteroatoms. The summed E-state index contributed by atoms with van der Waals surface area (Å²) in [5.41, 5.74) is 2.01. The molecule has 1 aliphatic heterocycles. The van der Waals surface area contributed by atoms with Gasteiger partial charge in [0.1, 0.15) is 17.7 Å². The molecule has 1 aliphatic rings. The first-order chi connectivity index (χ1) is 13.6. The maximum absolute atomic E-state index is 13.4. The van der Waals surface area contributed by atoms with Crippen LogP contribution >= 0.6 is 0 Å². The van der Waals surface area contributed by atoms with Crippen molar-refractivity contribution in [2.24, 2.45) is 0 Å². The van der Waals surface area contributed by atoms with Gasteiger partial charge in [0.25, 0.3) is 6.01 Å². The molecule has 0 aliphatic carbocycles. The Morgan fingerprint density at radius 2 is 2.11 bits per heavy atom. The third kappa shape index (κ3) is 3.95. The standard InChI is InChI=1S/C20H22FN5O2/c1-14(27)26(12-15-10-22-13-23-11-15)17-3-2-7-25(8-6-17)20-24-18-9-16(21)4-5-19(18)28-20/h4-5,9-11,13,17H,2-3,6-8,12H2,1H3/t17-/m1/s1. The molecule has 4 rings (SSSR count). The minimum absolute atomic E-state index is 0.0413. The van der Waals surface area contributed by atoms with Gasteiger partial charge in [-0.15, -0.1) is 0 Å². The summed E-state index contributed by atoms with van der Waals surface area (Å²) in [7, 11) is 0. The van der Waals surface area contributed by atoms with E-state index in [1.165, 1.54) is 18.5 Å². The highest BCUT2D eigenvalue weighted by molar-refractivity contribution is 5.74. The first kappa shape index (κ1) is 18.3. The Hall–Kier alpha value is -3.03. The van der Waals surface area contributed by atoms with Crippen LogP contribution in [0.25, 0.3) is 11.1 Å². The molecule has 3 aromatic rings. The molecule has 28 heavy (non-hydrogen) atoms. The second kappa shape index (κ2) is 7.92. The van der Waals surface area contributed by atoms with Gasteiger partial charge >= 0.3 is 0 Å². The molecule has 0 spiro atoms. The minimum Gasteiger partial charge on any atom is -0.423 e. The van der Waals surface area contributed by atoms with Crippen LogP contribution in [-0.2, 0) is 11.3 Å². The van der Waals surface area contributed by atoms with Gasteiger partial charge in [-0.05, 0) is 31.4 Å². The Kier molecular flexibility index (Phi) is 5.18. The Balaban J connectivity index is 1.47. The monoisotopic (exact) mass is 383 g/mol. The molecule has 3 heterocycles. The molecule has 1 amide bonds. The van der Waals surface area contributed by atoms with E-state index in [4.69, 9.17) is 4.42 Å². The average Bonchev–Trinajstić information content (AvgIpc) is 2.95. The summed E-state index contributed by atoms with van der Waals surface area (Å²) in [5.74, 6) is -0.287. The van der Waals surface area contributed by atoms with Crippen molar-refractivity contribution < 1.29 is 13.6 Å². The molecule has 1 fully saturated rings. The predicted octanol–water partition coefficient (Wildman–Crippen LogP) is 3.16. The summed E-state index contributed by atoms with van der Waals surface area (Å²) < 4.78 is 19.2. The van der Waals surface area contributed by atoms with E-state index in [0.717, 1.165) is 37.9 Å². The minimum atomic E-state index is -0.328. The average molecular weight is 383 g/mol. The lowest BCUT2D eigenvalue weighted by atomic mass is 10.1. The van der Waals surface area contributed by atoms with Gasteiger partial charge in [0, 0.05) is 56.6 Å². The lowest BCUT2D eigenvalue weighted by molar-refractivity contribution is -0.132. The summed E-state index contributed by atoms with van der Waals surface area (Å²) in [6.07, 6.45) is 7.58. The van der Waals surface area contributed by atoms with Gasteiger partial charge in [-0.1, -0.05) is 0 Å². The van der Waals surface area contributed by atoms with Gasteiger partial charge in [0.2, 0.25) is 5.91 Å². The number of hydrogen-bond donors (Lipinski definition) is 0. The van der Waals surface area contributed by atoms with Crippen LogP contribution in [-0.4, -0.2) is 44.9 Å². The van der Waals surface area contributed by atoms with Crippen molar-refractivity contribution in [1.29, 1.82) is 0 Å². The molecule has 2 aromatic heterocycles. The van der Waals surface area contributed by atoms with Crippen LogP contribution in [0.3, 0.4) is 0 Å². The third-order valence-corrected chi connectivity index (χ3v) is 5.12. The topological polar surface area (TPSA) is 75.4 Å². The van der Waals surface area contributed by atoms with Crippen molar-refractivity contribution in [3.8, 4) is 0 Å². The molecule has 1 atom stereocenters. The Morgan fingerprint density at radius 3 is 2.89 bits per heavy atom. The van der Waals surface area contributed by atoms with Crippen LogP contribution in [0.5, 0.6) is 0 Å². The number of benzene rings is 1. The van der Waals surface area contributed by atoms with Gasteiger partial charge in [-0.2, -0.15) is 4.98 Å². The zero-order valence-electron chi connectivity index (χ0n) is 15.7. The first-order valence-corrected chi connectivity index (χ1v) is 9.42. The van der Waals surface area contributed by atoms with Crippen molar-refractivity contribution in [2.45, 2.75) is 38.8 Å². The zero-order chi connectivity index (χ0) is 19.5. The number of oxazole rings is 1. The van der Waals surface area contributed by atoms with Gasteiger partial charge in [0.15, 0.2) is 5.58 Å². The van der Waals surface area contributed by atoms with Crippen LogP contribution < -0.4 is 4.90 Å². The molecular formula is C20H22FN5O2. The largest absolute Gasteiger partial charge is 0.423 e. The number of fused-ring (bicyclic) bond motifs is 1. The van der Waals surface area contributed by atoms with Crippen LogP contribution in [0.4, 0.5) is 10.4 Å². The van der Waals surface area contributed by atoms with Gasteiger partial charge < -0.3 is 14.2 Å². The molecular weight excluding hydrogens is 361 g/mol. The van der Waals surface area contributed by atoms with Crippen molar-refractivity contribution in [3.05, 3.63) is 48.3 Å². The lowest BCUT2D eigenvalue weighted by Crippen LogP contribution is -2.39. The summed E-state index contributed by atoms with van der Waals surface area (Å²) in [6, 6.07) is 4.98. The molecule has 1 aromatic carbocycles. The molecule has 0 radical (unpaired) electrons. The van der Waals surface area contributed by atoms with Crippen LogP contribution in [0, 0.1) is 5.82 Å². The number of nitrogens with zero attached hydrogens (tertiary/aromatic N) is 5. The highest BCUT2D eigenvalue weighted by Gasteiger charge is 2.26. The van der Waals surface area contributed by atoms with E-state index in [9.17, 15) is 9.18 Å². The molecule has 7 nitrogen and oxygen atoms in total. The van der Waals surface area contributed by atoms with Crippen molar-refractivity contribution in [2.75, 3.05) is 18.0 Å².